The second-order valence-corrected chi connectivity index (χ2v) is 6.53. The van der Waals surface area contributed by atoms with Crippen LogP contribution in [0.1, 0.15) is 25.5 Å². The van der Waals surface area contributed by atoms with Gasteiger partial charge in [-0.1, -0.05) is 0 Å². The van der Waals surface area contributed by atoms with Crippen LogP contribution in [0.25, 0.3) is 0 Å². The molecule has 2 fully saturated rings. The van der Waals surface area contributed by atoms with E-state index in [1.165, 1.54) is 18.5 Å². The van der Waals surface area contributed by atoms with Gasteiger partial charge in [0.05, 0.1) is 5.69 Å². The monoisotopic (exact) mass is 309 g/mol. The highest BCUT2D eigenvalue weighted by atomic mass is 79.9. The lowest BCUT2D eigenvalue weighted by Gasteiger charge is -2.39. The molecule has 0 aromatic carbocycles. The van der Waals surface area contributed by atoms with Crippen LogP contribution >= 0.6 is 15.9 Å². The van der Waals surface area contributed by atoms with Crippen molar-refractivity contribution in [3.63, 3.8) is 0 Å². The molecule has 1 aromatic rings. The van der Waals surface area contributed by atoms with E-state index in [-0.39, 0.29) is 0 Å². The molecule has 1 aliphatic carbocycles. The molecule has 2 atom stereocenters. The molecule has 18 heavy (non-hydrogen) atoms. The predicted molar refractivity (Wildman–Crippen MR) is 76.3 cm³/mol. The number of nitrogens with one attached hydrogen (secondary N) is 1. The summed E-state index contributed by atoms with van der Waals surface area (Å²) < 4.78 is 1.05. The number of pyridine rings is 1. The number of rotatable bonds is 3. The summed E-state index contributed by atoms with van der Waals surface area (Å²) >= 11 is 3.44. The van der Waals surface area contributed by atoms with Crippen LogP contribution in [-0.2, 0) is 6.54 Å². The van der Waals surface area contributed by atoms with E-state index in [2.05, 4.69) is 50.2 Å². The lowest BCUT2D eigenvalue weighted by molar-refractivity contribution is 0.111. The maximum atomic E-state index is 4.50. The Hall–Kier alpha value is -0.450. The minimum Gasteiger partial charge on any atom is -0.311 e. The van der Waals surface area contributed by atoms with Gasteiger partial charge in [0.2, 0.25) is 0 Å². The van der Waals surface area contributed by atoms with Crippen LogP contribution < -0.4 is 5.32 Å². The van der Waals surface area contributed by atoms with Crippen molar-refractivity contribution in [2.24, 2.45) is 5.92 Å². The molecule has 0 amide bonds. The fourth-order valence-corrected chi connectivity index (χ4v) is 3.07. The molecule has 1 aromatic heterocycles. The zero-order valence-corrected chi connectivity index (χ0v) is 12.4. The molecule has 1 saturated heterocycles. The highest BCUT2D eigenvalue weighted by Gasteiger charge is 2.37. The summed E-state index contributed by atoms with van der Waals surface area (Å²) in [7, 11) is 0. The molecular weight excluding hydrogens is 290 g/mol. The van der Waals surface area contributed by atoms with Gasteiger partial charge in [-0.3, -0.25) is 9.88 Å². The predicted octanol–water partition coefficient (Wildman–Crippen LogP) is 2.42. The minimum absolute atomic E-state index is 0.593. The highest BCUT2D eigenvalue weighted by Crippen LogP contribution is 2.36. The standard InChI is InChI=1S/C14H20BrN3/c1-10-8-18(14(7-16-10)11-2-3-11)9-13-5-4-12(15)6-17-13/h4-6,10-11,14,16H,2-3,7-9H2,1H3. The van der Waals surface area contributed by atoms with Crippen molar-refractivity contribution in [2.75, 3.05) is 13.1 Å². The van der Waals surface area contributed by atoms with Gasteiger partial charge in [-0.2, -0.15) is 0 Å². The molecule has 3 rings (SSSR count). The van der Waals surface area contributed by atoms with E-state index in [4.69, 9.17) is 0 Å². The van der Waals surface area contributed by atoms with E-state index in [0.717, 1.165) is 30.0 Å². The molecule has 3 nitrogen and oxygen atoms in total. The fraction of sp³-hybridized carbons (Fsp3) is 0.643. The summed E-state index contributed by atoms with van der Waals surface area (Å²) in [4.78, 5) is 7.12. The Kier molecular flexibility index (Phi) is 3.68. The number of aromatic nitrogens is 1. The van der Waals surface area contributed by atoms with Gasteiger partial charge in [0.1, 0.15) is 0 Å². The van der Waals surface area contributed by atoms with Crippen LogP contribution in [0.2, 0.25) is 0 Å². The lowest BCUT2D eigenvalue weighted by atomic mass is 10.1. The van der Waals surface area contributed by atoms with Crippen molar-refractivity contribution in [2.45, 2.75) is 38.4 Å². The molecule has 2 unspecified atom stereocenters. The Morgan fingerprint density at radius 1 is 1.44 bits per heavy atom. The first kappa shape index (κ1) is 12.6. The second kappa shape index (κ2) is 5.27. The molecular formula is C14H20BrN3. The smallest absolute Gasteiger partial charge is 0.0544 e. The molecule has 0 spiro atoms. The van der Waals surface area contributed by atoms with Gasteiger partial charge in [-0.25, -0.2) is 0 Å². The maximum absolute atomic E-state index is 4.50. The molecule has 2 heterocycles. The molecule has 0 radical (unpaired) electrons. The van der Waals surface area contributed by atoms with Gasteiger partial charge in [-0.05, 0) is 53.7 Å². The Bertz CT molecular complexity index is 402. The zero-order chi connectivity index (χ0) is 12.5. The highest BCUT2D eigenvalue weighted by molar-refractivity contribution is 9.10. The second-order valence-electron chi connectivity index (χ2n) is 5.61. The van der Waals surface area contributed by atoms with Crippen molar-refractivity contribution in [3.05, 3.63) is 28.5 Å². The number of nitrogens with zero attached hydrogens (tertiary/aromatic N) is 2. The fourth-order valence-electron chi connectivity index (χ4n) is 2.84. The Balaban J connectivity index is 1.69. The molecule has 1 saturated carbocycles. The molecule has 98 valence electrons. The van der Waals surface area contributed by atoms with Crippen molar-refractivity contribution in [1.29, 1.82) is 0 Å². The van der Waals surface area contributed by atoms with Crippen molar-refractivity contribution in [3.8, 4) is 0 Å². The first-order chi connectivity index (χ1) is 8.72. The van der Waals surface area contributed by atoms with Crippen LogP contribution in [0.15, 0.2) is 22.8 Å². The van der Waals surface area contributed by atoms with Crippen molar-refractivity contribution in [1.82, 2.24) is 15.2 Å². The van der Waals surface area contributed by atoms with E-state index < -0.39 is 0 Å². The van der Waals surface area contributed by atoms with Gasteiger partial charge in [-0.15, -0.1) is 0 Å². The number of hydrogen-bond donors (Lipinski definition) is 1. The van der Waals surface area contributed by atoms with Gasteiger partial charge in [0.25, 0.3) is 0 Å². The molecule has 2 aliphatic rings. The van der Waals surface area contributed by atoms with E-state index in [0.29, 0.717) is 12.1 Å². The molecule has 1 N–H and O–H groups in total. The quantitative estimate of drug-likeness (QED) is 0.929. The van der Waals surface area contributed by atoms with Gasteiger partial charge < -0.3 is 5.32 Å². The Morgan fingerprint density at radius 2 is 2.28 bits per heavy atom. The third-order valence-electron chi connectivity index (χ3n) is 3.97. The van der Waals surface area contributed by atoms with Crippen molar-refractivity contribution >= 4 is 15.9 Å². The molecule has 1 aliphatic heterocycles. The van der Waals surface area contributed by atoms with Gasteiger partial charge in [0.15, 0.2) is 0 Å². The van der Waals surface area contributed by atoms with Crippen LogP contribution in [-0.4, -0.2) is 35.1 Å². The van der Waals surface area contributed by atoms with Crippen LogP contribution in [0, 0.1) is 5.92 Å². The topological polar surface area (TPSA) is 28.2 Å². The van der Waals surface area contributed by atoms with Gasteiger partial charge >= 0.3 is 0 Å². The third kappa shape index (κ3) is 2.92. The average Bonchev–Trinajstić information content (AvgIpc) is 3.17. The number of hydrogen-bond acceptors (Lipinski definition) is 3. The summed E-state index contributed by atoms with van der Waals surface area (Å²) in [5.74, 6) is 0.917. The van der Waals surface area contributed by atoms with Crippen LogP contribution in [0.5, 0.6) is 0 Å². The van der Waals surface area contributed by atoms with E-state index in [1.54, 1.807) is 0 Å². The third-order valence-corrected chi connectivity index (χ3v) is 4.44. The summed E-state index contributed by atoms with van der Waals surface area (Å²) in [6.45, 7) is 5.53. The number of piperazine rings is 1. The Morgan fingerprint density at radius 3 is 2.94 bits per heavy atom. The van der Waals surface area contributed by atoms with E-state index in [9.17, 15) is 0 Å². The van der Waals surface area contributed by atoms with Crippen LogP contribution in [0.3, 0.4) is 0 Å². The SMILES string of the molecule is CC1CN(Cc2ccc(Br)cn2)C(C2CC2)CN1. The summed E-state index contributed by atoms with van der Waals surface area (Å²) in [6.07, 6.45) is 4.71. The lowest BCUT2D eigenvalue weighted by Crippen LogP contribution is -2.55. The maximum Gasteiger partial charge on any atom is 0.0544 e. The van der Waals surface area contributed by atoms with Crippen LogP contribution in [0.4, 0.5) is 0 Å². The first-order valence-electron chi connectivity index (χ1n) is 6.80. The summed E-state index contributed by atoms with van der Waals surface area (Å²) in [5.41, 5.74) is 1.18. The van der Waals surface area contributed by atoms with E-state index in [1.807, 2.05) is 6.20 Å². The summed E-state index contributed by atoms with van der Waals surface area (Å²) in [6, 6.07) is 5.52. The van der Waals surface area contributed by atoms with Gasteiger partial charge in [0, 0.05) is 42.4 Å². The Labute approximate surface area is 117 Å². The minimum atomic E-state index is 0.593. The number of halogens is 1. The summed E-state index contributed by atoms with van der Waals surface area (Å²) in [5, 5.41) is 3.61. The zero-order valence-electron chi connectivity index (χ0n) is 10.8. The van der Waals surface area contributed by atoms with Crippen molar-refractivity contribution < 1.29 is 0 Å². The largest absolute Gasteiger partial charge is 0.311 e. The molecule has 4 heteroatoms. The molecule has 0 bridgehead atoms. The average molecular weight is 310 g/mol. The van der Waals surface area contributed by atoms with E-state index >= 15 is 0 Å². The first-order valence-corrected chi connectivity index (χ1v) is 7.59. The normalized spacial score (nSPS) is 29.4.